The highest BCUT2D eigenvalue weighted by molar-refractivity contribution is 6.54. The Kier molecular flexibility index (Phi) is 4.04. The molecule has 0 amide bonds. The Hall–Kier alpha value is -0.805. The topological polar surface area (TPSA) is 44.8 Å². The lowest BCUT2D eigenvalue weighted by atomic mass is 9.79. The van der Waals surface area contributed by atoms with E-state index in [0.717, 1.165) is 5.47 Å². The Morgan fingerprint density at radius 2 is 1.71 bits per heavy atom. The molecule has 0 aromatic rings. The first kappa shape index (κ1) is 14.3. The maximum Gasteiger partial charge on any atom is 0.490 e. The van der Waals surface area contributed by atoms with Gasteiger partial charge in [0.05, 0.1) is 17.8 Å². The van der Waals surface area contributed by atoms with E-state index in [1.54, 1.807) is 13.8 Å². The fraction of sp³-hybridized carbons (Fsp3) is 0.750. The molecular formula is C12H21BO4. The Labute approximate surface area is 103 Å². The molecule has 4 nitrogen and oxygen atoms in total. The lowest BCUT2D eigenvalue weighted by molar-refractivity contribution is -0.137. The van der Waals surface area contributed by atoms with E-state index in [2.05, 4.69) is 0 Å². The lowest BCUT2D eigenvalue weighted by Gasteiger charge is -2.32. The number of hydrogen-bond donors (Lipinski definition) is 0. The molecule has 1 aliphatic rings. The SMILES string of the molecule is CCOC(=O)/C=C(/C)B1OC(C)(C)C(C)(C)O1. The van der Waals surface area contributed by atoms with Gasteiger partial charge in [-0.2, -0.15) is 0 Å². The van der Waals surface area contributed by atoms with Gasteiger partial charge in [0.1, 0.15) is 0 Å². The fourth-order valence-electron chi connectivity index (χ4n) is 1.47. The summed E-state index contributed by atoms with van der Waals surface area (Å²) in [4.78, 5) is 11.3. The highest BCUT2D eigenvalue weighted by atomic mass is 16.7. The highest BCUT2D eigenvalue weighted by Crippen LogP contribution is 2.38. The van der Waals surface area contributed by atoms with E-state index in [9.17, 15) is 4.79 Å². The standard InChI is InChI=1S/C12H21BO4/c1-7-15-10(14)8-9(2)13-16-11(3,4)12(5,6)17-13/h8H,7H2,1-6H3/b9-8-. The molecule has 0 spiro atoms. The molecule has 1 heterocycles. The molecule has 0 atom stereocenters. The van der Waals surface area contributed by atoms with Gasteiger partial charge in [-0.05, 0) is 47.0 Å². The average Bonchev–Trinajstić information content (AvgIpc) is 2.36. The van der Waals surface area contributed by atoms with Crippen LogP contribution in [0.1, 0.15) is 41.5 Å². The third kappa shape index (κ3) is 3.10. The van der Waals surface area contributed by atoms with Gasteiger partial charge < -0.3 is 14.0 Å². The second kappa shape index (κ2) is 4.82. The van der Waals surface area contributed by atoms with Gasteiger partial charge in [0.2, 0.25) is 0 Å². The number of ether oxygens (including phenoxy) is 1. The van der Waals surface area contributed by atoms with Crippen LogP contribution < -0.4 is 0 Å². The predicted octanol–water partition coefficient (Wildman–Crippen LogP) is 2.13. The molecule has 0 unspecified atom stereocenters. The summed E-state index contributed by atoms with van der Waals surface area (Å²) in [7, 11) is -0.482. The first-order valence-corrected chi connectivity index (χ1v) is 5.90. The maximum atomic E-state index is 11.3. The van der Waals surface area contributed by atoms with Gasteiger partial charge in [-0.25, -0.2) is 4.79 Å². The van der Waals surface area contributed by atoms with Gasteiger partial charge >= 0.3 is 13.1 Å². The molecule has 0 aromatic carbocycles. The summed E-state index contributed by atoms with van der Waals surface area (Å²) in [5.41, 5.74) is -0.0508. The molecule has 0 aromatic heterocycles. The van der Waals surface area contributed by atoms with E-state index in [0.29, 0.717) is 6.61 Å². The summed E-state index contributed by atoms with van der Waals surface area (Å²) in [5, 5.41) is 0. The monoisotopic (exact) mass is 240 g/mol. The summed E-state index contributed by atoms with van der Waals surface area (Å²) in [6, 6.07) is 0. The van der Waals surface area contributed by atoms with Gasteiger partial charge in [0, 0.05) is 6.08 Å². The molecule has 5 heteroatoms. The van der Waals surface area contributed by atoms with Crippen molar-refractivity contribution in [3.63, 3.8) is 0 Å². The van der Waals surface area contributed by atoms with E-state index < -0.39 is 7.12 Å². The molecule has 0 radical (unpaired) electrons. The molecular weight excluding hydrogens is 219 g/mol. The first-order valence-electron chi connectivity index (χ1n) is 5.90. The lowest BCUT2D eigenvalue weighted by Crippen LogP contribution is -2.41. The van der Waals surface area contributed by atoms with Crippen LogP contribution in [0.2, 0.25) is 0 Å². The van der Waals surface area contributed by atoms with Crippen LogP contribution in [0.5, 0.6) is 0 Å². The van der Waals surface area contributed by atoms with Crippen LogP contribution in [0.25, 0.3) is 0 Å². The normalized spacial score (nSPS) is 22.7. The van der Waals surface area contributed by atoms with Crippen molar-refractivity contribution in [3.8, 4) is 0 Å². The molecule has 0 bridgehead atoms. The van der Waals surface area contributed by atoms with Crippen LogP contribution in [0.15, 0.2) is 11.5 Å². The van der Waals surface area contributed by atoms with Gasteiger partial charge in [0.25, 0.3) is 0 Å². The van der Waals surface area contributed by atoms with Crippen LogP contribution in [0.4, 0.5) is 0 Å². The molecule has 96 valence electrons. The number of hydrogen-bond acceptors (Lipinski definition) is 4. The smallest absolute Gasteiger partial charge is 0.463 e. The van der Waals surface area contributed by atoms with Crippen molar-refractivity contribution in [2.45, 2.75) is 52.7 Å². The van der Waals surface area contributed by atoms with Gasteiger partial charge in [-0.1, -0.05) is 0 Å². The second-order valence-corrected chi connectivity index (χ2v) is 5.23. The maximum absolute atomic E-state index is 11.3. The summed E-state index contributed by atoms with van der Waals surface area (Å²) in [6.45, 7) is 11.9. The molecule has 0 N–H and O–H groups in total. The van der Waals surface area contributed by atoms with E-state index in [1.807, 2.05) is 27.7 Å². The van der Waals surface area contributed by atoms with Crippen LogP contribution in [-0.2, 0) is 18.8 Å². The molecule has 1 rings (SSSR count). The van der Waals surface area contributed by atoms with Crippen LogP contribution in [-0.4, -0.2) is 30.9 Å². The van der Waals surface area contributed by atoms with Crippen molar-refractivity contribution in [2.24, 2.45) is 0 Å². The van der Waals surface area contributed by atoms with Gasteiger partial charge in [0.15, 0.2) is 0 Å². The van der Waals surface area contributed by atoms with Crippen LogP contribution >= 0.6 is 0 Å². The van der Waals surface area contributed by atoms with Gasteiger partial charge in [-0.15, -0.1) is 0 Å². The van der Waals surface area contributed by atoms with Crippen molar-refractivity contribution < 1.29 is 18.8 Å². The first-order chi connectivity index (χ1) is 7.69. The van der Waals surface area contributed by atoms with Crippen molar-refractivity contribution in [1.82, 2.24) is 0 Å². The van der Waals surface area contributed by atoms with Crippen LogP contribution in [0, 0.1) is 0 Å². The van der Waals surface area contributed by atoms with E-state index in [-0.39, 0.29) is 17.2 Å². The molecule has 17 heavy (non-hydrogen) atoms. The number of rotatable bonds is 3. The largest absolute Gasteiger partial charge is 0.490 e. The molecule has 1 fully saturated rings. The van der Waals surface area contributed by atoms with Crippen LogP contribution in [0.3, 0.4) is 0 Å². The number of carbonyl (C=O) groups excluding carboxylic acids is 1. The zero-order chi connectivity index (χ0) is 13.3. The average molecular weight is 240 g/mol. The Bertz CT molecular complexity index is 317. The second-order valence-electron chi connectivity index (χ2n) is 5.23. The zero-order valence-electron chi connectivity index (χ0n) is 11.5. The predicted molar refractivity (Wildman–Crippen MR) is 66.5 cm³/mol. The van der Waals surface area contributed by atoms with Crippen molar-refractivity contribution in [1.29, 1.82) is 0 Å². The van der Waals surface area contributed by atoms with Crippen molar-refractivity contribution in [3.05, 3.63) is 11.5 Å². The molecule has 0 saturated carbocycles. The van der Waals surface area contributed by atoms with Crippen molar-refractivity contribution in [2.75, 3.05) is 6.61 Å². The molecule has 1 saturated heterocycles. The summed E-state index contributed by atoms with van der Waals surface area (Å²) >= 11 is 0. The minimum atomic E-state index is -0.482. The third-order valence-electron chi connectivity index (χ3n) is 3.26. The Morgan fingerprint density at radius 1 is 1.24 bits per heavy atom. The minimum absolute atomic E-state index is 0.361. The van der Waals surface area contributed by atoms with Gasteiger partial charge in [-0.3, -0.25) is 0 Å². The Balaban J connectivity index is 2.74. The Morgan fingerprint density at radius 3 is 2.12 bits per heavy atom. The summed E-state index contributed by atoms with van der Waals surface area (Å²) in [5.74, 6) is -0.361. The van der Waals surface area contributed by atoms with E-state index in [1.165, 1.54) is 6.08 Å². The molecule has 1 aliphatic heterocycles. The third-order valence-corrected chi connectivity index (χ3v) is 3.26. The van der Waals surface area contributed by atoms with Crippen molar-refractivity contribution >= 4 is 13.1 Å². The summed E-state index contributed by atoms with van der Waals surface area (Å²) in [6.07, 6.45) is 1.42. The quantitative estimate of drug-likeness (QED) is 0.430. The van der Waals surface area contributed by atoms with E-state index >= 15 is 0 Å². The fourth-order valence-corrected chi connectivity index (χ4v) is 1.47. The summed E-state index contributed by atoms with van der Waals surface area (Å²) < 4.78 is 16.5. The highest BCUT2D eigenvalue weighted by Gasteiger charge is 2.51. The minimum Gasteiger partial charge on any atom is -0.463 e. The number of allylic oxidation sites excluding steroid dienone is 1. The zero-order valence-corrected chi connectivity index (χ0v) is 11.5. The number of esters is 1. The molecule has 0 aliphatic carbocycles. The number of carbonyl (C=O) groups is 1. The van der Waals surface area contributed by atoms with E-state index in [4.69, 9.17) is 14.0 Å².